The number of hydrogen-bond donors (Lipinski definition) is 1. The Morgan fingerprint density at radius 1 is 1.31 bits per heavy atom. The predicted molar refractivity (Wildman–Crippen MR) is 58.1 cm³/mol. The lowest BCUT2D eigenvalue weighted by Crippen LogP contribution is -2.38. The largest absolute Gasteiger partial charge is 0.383 e. The molecule has 0 saturated carbocycles. The van der Waals surface area contributed by atoms with Gasteiger partial charge in [0.1, 0.15) is 0 Å². The Hall–Kier alpha value is -0.0800. The molecule has 0 bridgehead atoms. The van der Waals surface area contributed by atoms with Crippen LogP contribution >= 0.6 is 0 Å². The van der Waals surface area contributed by atoms with Crippen molar-refractivity contribution in [2.45, 2.75) is 58.5 Å². The van der Waals surface area contributed by atoms with Gasteiger partial charge in [-0.2, -0.15) is 0 Å². The van der Waals surface area contributed by atoms with Gasteiger partial charge in [-0.3, -0.25) is 0 Å². The minimum atomic E-state index is 0.479. The number of ether oxygens (including phenoxy) is 1. The third-order valence-electron chi connectivity index (χ3n) is 2.34. The van der Waals surface area contributed by atoms with Gasteiger partial charge in [0, 0.05) is 19.2 Å². The second kappa shape index (κ2) is 8.52. The molecule has 13 heavy (non-hydrogen) atoms. The van der Waals surface area contributed by atoms with Gasteiger partial charge in [-0.25, -0.2) is 0 Å². The number of hydrogen-bond acceptors (Lipinski definition) is 2. The van der Waals surface area contributed by atoms with Gasteiger partial charge in [-0.1, -0.05) is 26.7 Å². The Bertz CT molecular complexity index is 106. The second-order valence-corrected chi connectivity index (χ2v) is 3.77. The summed E-state index contributed by atoms with van der Waals surface area (Å²) in [6.07, 6.45) is 5.12. The van der Waals surface area contributed by atoms with Crippen LogP contribution in [0.1, 0.15) is 46.5 Å². The first-order chi connectivity index (χ1) is 6.24. The highest BCUT2D eigenvalue weighted by Gasteiger charge is 2.08. The molecule has 0 rings (SSSR count). The van der Waals surface area contributed by atoms with Gasteiger partial charge in [0.2, 0.25) is 0 Å². The van der Waals surface area contributed by atoms with E-state index in [4.69, 9.17) is 4.74 Å². The van der Waals surface area contributed by atoms with Crippen LogP contribution in [-0.4, -0.2) is 25.8 Å². The number of nitrogens with one attached hydrogen (secondary N) is 1. The summed E-state index contributed by atoms with van der Waals surface area (Å²) < 4.78 is 5.09. The van der Waals surface area contributed by atoms with Gasteiger partial charge in [0.05, 0.1) is 6.61 Å². The van der Waals surface area contributed by atoms with Gasteiger partial charge >= 0.3 is 0 Å². The molecule has 0 heterocycles. The number of rotatable bonds is 8. The summed E-state index contributed by atoms with van der Waals surface area (Å²) in [4.78, 5) is 0. The summed E-state index contributed by atoms with van der Waals surface area (Å²) in [5.74, 6) is 0. The minimum Gasteiger partial charge on any atom is -0.383 e. The van der Waals surface area contributed by atoms with Gasteiger partial charge in [0.15, 0.2) is 0 Å². The van der Waals surface area contributed by atoms with Crippen LogP contribution < -0.4 is 5.32 Å². The van der Waals surface area contributed by atoms with Crippen molar-refractivity contribution in [3.8, 4) is 0 Å². The standard InChI is InChI=1S/C11H25NO/c1-5-7-8-11(6-2)12-10(3)9-13-4/h10-12H,5-9H2,1-4H3. The lowest BCUT2D eigenvalue weighted by Gasteiger charge is -2.21. The molecule has 0 aromatic carbocycles. The van der Waals surface area contributed by atoms with Crippen LogP contribution in [0.25, 0.3) is 0 Å². The van der Waals surface area contributed by atoms with Gasteiger partial charge in [-0.05, 0) is 19.8 Å². The van der Waals surface area contributed by atoms with E-state index in [2.05, 4.69) is 26.1 Å². The first-order valence-electron chi connectivity index (χ1n) is 5.49. The molecule has 0 aromatic heterocycles. The van der Waals surface area contributed by atoms with Crippen molar-refractivity contribution in [2.24, 2.45) is 0 Å². The van der Waals surface area contributed by atoms with E-state index >= 15 is 0 Å². The van der Waals surface area contributed by atoms with Crippen LogP contribution in [0.4, 0.5) is 0 Å². The summed E-state index contributed by atoms with van der Waals surface area (Å²) in [6.45, 7) is 7.47. The zero-order valence-corrected chi connectivity index (χ0v) is 9.60. The molecule has 0 aliphatic rings. The first kappa shape index (κ1) is 12.9. The Labute approximate surface area is 83.1 Å². The van der Waals surface area contributed by atoms with Crippen molar-refractivity contribution < 1.29 is 4.74 Å². The van der Waals surface area contributed by atoms with Crippen LogP contribution in [0.3, 0.4) is 0 Å². The van der Waals surface area contributed by atoms with Crippen LogP contribution in [0.15, 0.2) is 0 Å². The van der Waals surface area contributed by atoms with E-state index in [9.17, 15) is 0 Å². The molecule has 2 nitrogen and oxygen atoms in total. The maximum atomic E-state index is 5.09. The van der Waals surface area contributed by atoms with Crippen molar-refractivity contribution in [3.63, 3.8) is 0 Å². The molecule has 2 unspecified atom stereocenters. The molecule has 0 aromatic rings. The van der Waals surface area contributed by atoms with Crippen molar-refractivity contribution in [1.82, 2.24) is 5.32 Å². The first-order valence-corrected chi connectivity index (χ1v) is 5.49. The van der Waals surface area contributed by atoms with Crippen molar-refractivity contribution in [3.05, 3.63) is 0 Å². The fourth-order valence-corrected chi connectivity index (χ4v) is 1.56. The van der Waals surface area contributed by atoms with E-state index < -0.39 is 0 Å². The molecule has 0 aliphatic heterocycles. The molecule has 0 radical (unpaired) electrons. The lowest BCUT2D eigenvalue weighted by atomic mass is 10.1. The van der Waals surface area contributed by atoms with Crippen LogP contribution in [-0.2, 0) is 4.74 Å². The van der Waals surface area contributed by atoms with Gasteiger partial charge in [-0.15, -0.1) is 0 Å². The van der Waals surface area contributed by atoms with E-state index in [1.807, 2.05) is 0 Å². The van der Waals surface area contributed by atoms with E-state index in [1.165, 1.54) is 25.7 Å². The molecular weight excluding hydrogens is 162 g/mol. The van der Waals surface area contributed by atoms with Crippen LogP contribution in [0, 0.1) is 0 Å². The molecular formula is C11H25NO. The zero-order valence-electron chi connectivity index (χ0n) is 9.60. The predicted octanol–water partition coefficient (Wildman–Crippen LogP) is 2.58. The highest BCUT2D eigenvalue weighted by Crippen LogP contribution is 2.04. The summed E-state index contributed by atoms with van der Waals surface area (Å²) >= 11 is 0. The van der Waals surface area contributed by atoms with Gasteiger partial charge in [0.25, 0.3) is 0 Å². The van der Waals surface area contributed by atoms with Crippen LogP contribution in [0.5, 0.6) is 0 Å². The molecule has 0 amide bonds. The molecule has 0 saturated heterocycles. The van der Waals surface area contributed by atoms with Crippen LogP contribution in [0.2, 0.25) is 0 Å². The van der Waals surface area contributed by atoms with E-state index in [0.29, 0.717) is 12.1 Å². The van der Waals surface area contributed by atoms with Crippen molar-refractivity contribution in [2.75, 3.05) is 13.7 Å². The summed E-state index contributed by atoms with van der Waals surface area (Å²) in [5, 5.41) is 3.58. The maximum absolute atomic E-state index is 5.09. The third kappa shape index (κ3) is 7.03. The molecule has 2 atom stereocenters. The lowest BCUT2D eigenvalue weighted by molar-refractivity contribution is 0.165. The SMILES string of the molecule is CCCCC(CC)NC(C)COC. The van der Waals surface area contributed by atoms with Crippen molar-refractivity contribution in [1.29, 1.82) is 0 Å². The van der Waals surface area contributed by atoms with Crippen molar-refractivity contribution >= 4 is 0 Å². The third-order valence-corrected chi connectivity index (χ3v) is 2.34. The summed E-state index contributed by atoms with van der Waals surface area (Å²) in [7, 11) is 1.76. The highest BCUT2D eigenvalue weighted by atomic mass is 16.5. The quantitative estimate of drug-likeness (QED) is 0.630. The Morgan fingerprint density at radius 3 is 2.46 bits per heavy atom. The second-order valence-electron chi connectivity index (χ2n) is 3.77. The fraction of sp³-hybridized carbons (Fsp3) is 1.00. The molecule has 0 fully saturated rings. The number of unbranched alkanes of at least 4 members (excludes halogenated alkanes) is 1. The monoisotopic (exact) mass is 187 g/mol. The minimum absolute atomic E-state index is 0.479. The highest BCUT2D eigenvalue weighted by molar-refractivity contribution is 4.69. The van der Waals surface area contributed by atoms with E-state index in [-0.39, 0.29) is 0 Å². The Kier molecular flexibility index (Phi) is 8.46. The molecule has 0 aliphatic carbocycles. The average Bonchev–Trinajstić information content (AvgIpc) is 2.12. The summed E-state index contributed by atoms with van der Waals surface area (Å²) in [6, 6.07) is 1.15. The average molecular weight is 187 g/mol. The number of methoxy groups -OCH3 is 1. The molecule has 80 valence electrons. The van der Waals surface area contributed by atoms with E-state index in [0.717, 1.165) is 6.61 Å². The summed E-state index contributed by atoms with van der Waals surface area (Å²) in [5.41, 5.74) is 0. The smallest absolute Gasteiger partial charge is 0.0613 e. The Balaban J connectivity index is 3.56. The Morgan fingerprint density at radius 2 is 2.00 bits per heavy atom. The maximum Gasteiger partial charge on any atom is 0.0613 e. The normalized spacial score (nSPS) is 15.7. The zero-order chi connectivity index (χ0) is 10.1. The topological polar surface area (TPSA) is 21.3 Å². The fourth-order valence-electron chi connectivity index (χ4n) is 1.56. The van der Waals surface area contributed by atoms with E-state index in [1.54, 1.807) is 7.11 Å². The molecule has 2 heteroatoms. The molecule has 0 spiro atoms. The molecule has 1 N–H and O–H groups in total. The van der Waals surface area contributed by atoms with Gasteiger partial charge < -0.3 is 10.1 Å².